The Kier molecular flexibility index (Phi) is 4.30. The Morgan fingerprint density at radius 2 is 2.06 bits per heavy atom. The maximum absolute atomic E-state index is 6.07. The third-order valence-corrected chi connectivity index (χ3v) is 6.67. The van der Waals surface area contributed by atoms with Gasteiger partial charge in [0.15, 0.2) is 0 Å². The van der Waals surface area contributed by atoms with E-state index in [2.05, 4.69) is 64.8 Å². The van der Waals surface area contributed by atoms with Gasteiger partial charge in [-0.1, -0.05) is 47.7 Å². The summed E-state index contributed by atoms with van der Waals surface area (Å²) in [5, 5.41) is 2.17. The molecule has 0 amide bonds. The van der Waals surface area contributed by atoms with Gasteiger partial charge in [0.2, 0.25) is 0 Å². The van der Waals surface area contributed by atoms with Crippen LogP contribution < -0.4 is 0 Å². The first-order chi connectivity index (χ1) is 8.50. The number of fused-ring (bicyclic) bond motifs is 1. The number of benzene rings is 1. The molecule has 0 saturated carbocycles. The highest BCUT2D eigenvalue weighted by atomic mass is 79.9. The maximum atomic E-state index is 6.07. The molecule has 0 spiro atoms. The lowest BCUT2D eigenvalue weighted by molar-refractivity contribution is 0.101. The molecule has 2 aromatic rings. The summed E-state index contributed by atoms with van der Waals surface area (Å²) in [4.78, 5) is 3.24. The lowest BCUT2D eigenvalue weighted by atomic mass is 10.2. The number of aromatic nitrogens is 1. The summed E-state index contributed by atoms with van der Waals surface area (Å²) in [7, 11) is -1.26. The van der Waals surface area contributed by atoms with E-state index in [1.165, 1.54) is 16.5 Å². The second kappa shape index (κ2) is 5.59. The van der Waals surface area contributed by atoms with E-state index in [9.17, 15) is 0 Å². The normalized spacial score (nSPS) is 14.0. The summed E-state index contributed by atoms with van der Waals surface area (Å²) in [5.41, 5.74) is 2.77. The van der Waals surface area contributed by atoms with Crippen LogP contribution in [0.5, 0.6) is 0 Å². The van der Waals surface area contributed by atoms with Gasteiger partial charge in [0.25, 0.3) is 0 Å². The lowest BCUT2D eigenvalue weighted by Gasteiger charge is -2.27. The summed E-state index contributed by atoms with van der Waals surface area (Å²) in [5.74, 6) is 0. The van der Waals surface area contributed by atoms with Crippen molar-refractivity contribution in [1.82, 2.24) is 4.98 Å². The van der Waals surface area contributed by atoms with Crippen LogP contribution in [0.3, 0.4) is 0 Å². The van der Waals surface area contributed by atoms with Crippen molar-refractivity contribution in [2.75, 3.05) is 5.33 Å². The Morgan fingerprint density at radius 3 is 2.72 bits per heavy atom. The zero-order chi connectivity index (χ0) is 13.2. The van der Waals surface area contributed by atoms with E-state index < -0.39 is 8.07 Å². The fourth-order valence-corrected chi connectivity index (χ4v) is 6.05. The molecule has 0 aliphatic heterocycles. The van der Waals surface area contributed by atoms with E-state index in [1.54, 1.807) is 0 Å². The standard InChI is InChI=1S/C14H20BrNOSi/c1-18(2,3)14(9-15)17-10-11-4-5-12-6-7-16-13(12)8-11/h4-8,14,16H,9-10H2,1-3H3. The number of ether oxygens (including phenoxy) is 1. The predicted molar refractivity (Wildman–Crippen MR) is 84.0 cm³/mol. The van der Waals surface area contributed by atoms with Gasteiger partial charge in [-0.25, -0.2) is 0 Å². The van der Waals surface area contributed by atoms with Crippen molar-refractivity contribution in [3.8, 4) is 0 Å². The SMILES string of the molecule is C[Si](C)(C)C(CBr)OCc1ccc2cc[nH]c2c1. The van der Waals surface area contributed by atoms with Crippen LogP contribution in [0.4, 0.5) is 0 Å². The first kappa shape index (κ1) is 13.8. The summed E-state index contributed by atoms with van der Waals surface area (Å²) in [6, 6.07) is 8.54. The number of alkyl halides is 1. The predicted octanol–water partition coefficient (Wildman–Crippen LogP) is 4.33. The van der Waals surface area contributed by atoms with Gasteiger partial charge in [-0.2, -0.15) is 0 Å². The van der Waals surface area contributed by atoms with Gasteiger partial charge in [0.1, 0.15) is 0 Å². The lowest BCUT2D eigenvalue weighted by Crippen LogP contribution is -2.41. The second-order valence-electron chi connectivity index (χ2n) is 5.72. The molecule has 0 saturated heterocycles. The van der Waals surface area contributed by atoms with Crippen molar-refractivity contribution in [2.45, 2.75) is 32.0 Å². The maximum Gasteiger partial charge on any atom is 0.0796 e. The van der Waals surface area contributed by atoms with Crippen LogP contribution in [-0.2, 0) is 11.3 Å². The van der Waals surface area contributed by atoms with Gasteiger partial charge in [0, 0.05) is 17.0 Å². The van der Waals surface area contributed by atoms with E-state index in [4.69, 9.17) is 4.74 Å². The van der Waals surface area contributed by atoms with Crippen molar-refractivity contribution in [3.63, 3.8) is 0 Å². The number of hydrogen-bond donors (Lipinski definition) is 1. The van der Waals surface area contributed by atoms with Crippen molar-refractivity contribution in [1.29, 1.82) is 0 Å². The smallest absolute Gasteiger partial charge is 0.0796 e. The van der Waals surface area contributed by atoms with Gasteiger partial charge in [-0.05, 0) is 23.1 Å². The van der Waals surface area contributed by atoms with Crippen molar-refractivity contribution >= 4 is 34.9 Å². The fourth-order valence-electron chi connectivity index (χ4n) is 1.91. The van der Waals surface area contributed by atoms with Crippen molar-refractivity contribution < 1.29 is 4.74 Å². The molecule has 1 unspecified atom stereocenters. The summed E-state index contributed by atoms with van der Waals surface area (Å²) >= 11 is 3.56. The van der Waals surface area contributed by atoms with E-state index in [0.29, 0.717) is 12.3 Å². The average Bonchev–Trinajstić information content (AvgIpc) is 2.75. The number of hydrogen-bond acceptors (Lipinski definition) is 1. The number of H-pyrrole nitrogens is 1. The Balaban J connectivity index is 2.05. The van der Waals surface area contributed by atoms with Gasteiger partial charge < -0.3 is 9.72 Å². The minimum Gasteiger partial charge on any atom is -0.376 e. The van der Waals surface area contributed by atoms with Crippen LogP contribution in [0.2, 0.25) is 19.6 Å². The third-order valence-electron chi connectivity index (χ3n) is 3.18. The van der Waals surface area contributed by atoms with Crippen LogP contribution in [0.1, 0.15) is 5.56 Å². The molecule has 0 bridgehead atoms. The molecule has 0 fully saturated rings. The second-order valence-corrected chi connectivity index (χ2v) is 11.7. The number of halogens is 1. The highest BCUT2D eigenvalue weighted by molar-refractivity contribution is 9.09. The van der Waals surface area contributed by atoms with Crippen molar-refractivity contribution in [2.24, 2.45) is 0 Å². The summed E-state index contributed by atoms with van der Waals surface area (Å²) < 4.78 is 6.07. The van der Waals surface area contributed by atoms with Crippen LogP contribution in [-0.4, -0.2) is 24.1 Å². The third kappa shape index (κ3) is 3.25. The van der Waals surface area contributed by atoms with E-state index in [-0.39, 0.29) is 0 Å². The van der Waals surface area contributed by atoms with Crippen LogP contribution in [0.25, 0.3) is 10.9 Å². The Labute approximate surface area is 118 Å². The van der Waals surface area contributed by atoms with Crippen LogP contribution >= 0.6 is 15.9 Å². The summed E-state index contributed by atoms with van der Waals surface area (Å²) in [6.45, 7) is 7.71. The Morgan fingerprint density at radius 1 is 1.28 bits per heavy atom. The molecule has 1 N–H and O–H groups in total. The van der Waals surface area contributed by atoms with E-state index >= 15 is 0 Å². The molecule has 1 aromatic carbocycles. The molecular formula is C14H20BrNOSi. The Hall–Kier alpha value is -0.583. The minimum atomic E-state index is -1.26. The molecule has 1 aromatic heterocycles. The monoisotopic (exact) mass is 325 g/mol. The van der Waals surface area contributed by atoms with Gasteiger partial charge >= 0.3 is 0 Å². The number of rotatable bonds is 5. The molecular weight excluding hydrogens is 306 g/mol. The summed E-state index contributed by atoms with van der Waals surface area (Å²) in [6.07, 6.45) is 1.97. The largest absolute Gasteiger partial charge is 0.376 e. The average molecular weight is 326 g/mol. The zero-order valence-corrected chi connectivity index (χ0v) is 13.8. The fraction of sp³-hybridized carbons (Fsp3) is 0.429. The minimum absolute atomic E-state index is 0.358. The highest BCUT2D eigenvalue weighted by Gasteiger charge is 2.26. The van der Waals surface area contributed by atoms with Crippen molar-refractivity contribution in [3.05, 3.63) is 36.0 Å². The topological polar surface area (TPSA) is 25.0 Å². The number of nitrogens with one attached hydrogen (secondary N) is 1. The zero-order valence-electron chi connectivity index (χ0n) is 11.2. The quantitative estimate of drug-likeness (QED) is 0.642. The Bertz CT molecular complexity index is 518. The number of aromatic amines is 1. The van der Waals surface area contributed by atoms with Crippen LogP contribution in [0.15, 0.2) is 30.5 Å². The van der Waals surface area contributed by atoms with Gasteiger partial charge in [-0.3, -0.25) is 0 Å². The molecule has 0 aliphatic rings. The van der Waals surface area contributed by atoms with Gasteiger partial charge in [-0.15, -0.1) is 0 Å². The first-order valence-electron chi connectivity index (χ1n) is 6.24. The molecule has 0 radical (unpaired) electrons. The first-order valence-corrected chi connectivity index (χ1v) is 10.9. The highest BCUT2D eigenvalue weighted by Crippen LogP contribution is 2.18. The van der Waals surface area contributed by atoms with Crippen LogP contribution in [0, 0.1) is 0 Å². The molecule has 0 aliphatic carbocycles. The molecule has 18 heavy (non-hydrogen) atoms. The molecule has 2 nitrogen and oxygen atoms in total. The molecule has 98 valence electrons. The van der Waals surface area contributed by atoms with E-state index in [1.807, 2.05) is 6.20 Å². The van der Waals surface area contributed by atoms with Gasteiger partial charge in [0.05, 0.1) is 20.4 Å². The molecule has 4 heteroatoms. The van der Waals surface area contributed by atoms with E-state index in [0.717, 1.165) is 5.33 Å². The molecule has 2 rings (SSSR count). The molecule has 1 heterocycles. The molecule has 1 atom stereocenters.